The van der Waals surface area contributed by atoms with Gasteiger partial charge in [-0.15, -0.1) is 0 Å². The van der Waals surface area contributed by atoms with Crippen molar-refractivity contribution in [2.75, 3.05) is 6.54 Å². The molecule has 0 fully saturated rings. The van der Waals surface area contributed by atoms with Crippen LogP contribution in [0.2, 0.25) is 0 Å². The first-order chi connectivity index (χ1) is 15.2. The highest BCUT2D eigenvalue weighted by Crippen LogP contribution is 2.24. The van der Waals surface area contributed by atoms with Crippen molar-refractivity contribution in [1.29, 1.82) is 0 Å². The number of phenolic OH excluding ortho intramolecular Hbond substituents is 2. The number of allylic oxidation sites excluding steroid dienone is 7. The first-order valence-corrected chi connectivity index (χ1v) is 11.6. The summed E-state index contributed by atoms with van der Waals surface area (Å²) in [5.74, 6) is -0.374. The van der Waals surface area contributed by atoms with Crippen molar-refractivity contribution < 1.29 is 15.0 Å². The second-order valence-corrected chi connectivity index (χ2v) is 8.85. The Bertz CT molecular complexity index is 855. The lowest BCUT2D eigenvalue weighted by Gasteiger charge is -2.05. The van der Waals surface area contributed by atoms with Crippen LogP contribution in [0, 0.1) is 0 Å². The molecule has 1 amide bonds. The predicted molar refractivity (Wildman–Crippen MR) is 135 cm³/mol. The third-order valence-corrected chi connectivity index (χ3v) is 5.28. The largest absolute Gasteiger partial charge is 0.504 e. The molecule has 0 spiro atoms. The molecular formula is C28H41NO3. The van der Waals surface area contributed by atoms with Gasteiger partial charge < -0.3 is 15.5 Å². The second-order valence-electron chi connectivity index (χ2n) is 8.85. The molecule has 0 bridgehead atoms. The van der Waals surface area contributed by atoms with Crippen molar-refractivity contribution in [1.82, 2.24) is 5.32 Å². The Labute approximate surface area is 194 Å². The van der Waals surface area contributed by atoms with Crippen LogP contribution in [0.1, 0.15) is 78.7 Å². The van der Waals surface area contributed by atoms with E-state index in [-0.39, 0.29) is 17.4 Å². The predicted octanol–water partition coefficient (Wildman–Crippen LogP) is 6.90. The number of aromatic hydroxyl groups is 2. The number of amides is 1. The maximum atomic E-state index is 12.1. The summed E-state index contributed by atoms with van der Waals surface area (Å²) in [4.78, 5) is 12.1. The van der Waals surface area contributed by atoms with Crippen LogP contribution < -0.4 is 5.32 Å². The van der Waals surface area contributed by atoms with Gasteiger partial charge in [0.15, 0.2) is 11.5 Å². The minimum Gasteiger partial charge on any atom is -0.504 e. The van der Waals surface area contributed by atoms with E-state index in [1.807, 2.05) is 6.92 Å². The van der Waals surface area contributed by atoms with Gasteiger partial charge in [0.2, 0.25) is 5.91 Å². The molecule has 176 valence electrons. The minimum atomic E-state index is -0.140. The van der Waals surface area contributed by atoms with Crippen LogP contribution in [-0.2, 0) is 11.2 Å². The van der Waals surface area contributed by atoms with Crippen molar-refractivity contribution >= 4 is 5.91 Å². The third kappa shape index (κ3) is 12.8. The molecule has 1 aromatic rings. The van der Waals surface area contributed by atoms with Crippen molar-refractivity contribution in [2.24, 2.45) is 0 Å². The Kier molecular flexibility index (Phi) is 12.9. The summed E-state index contributed by atoms with van der Waals surface area (Å²) in [6, 6.07) is 4.70. The summed E-state index contributed by atoms with van der Waals surface area (Å²) in [6.45, 7) is 11.1. The highest BCUT2D eigenvalue weighted by molar-refractivity contribution is 5.88. The Hall–Kier alpha value is -2.75. The van der Waals surface area contributed by atoms with Crippen LogP contribution in [0.4, 0.5) is 0 Å². The molecule has 0 aliphatic rings. The van der Waals surface area contributed by atoms with Crippen LogP contribution in [0.25, 0.3) is 0 Å². The lowest BCUT2D eigenvalue weighted by Crippen LogP contribution is -2.23. The van der Waals surface area contributed by atoms with Crippen LogP contribution in [0.3, 0.4) is 0 Å². The number of rotatable bonds is 13. The maximum absolute atomic E-state index is 12.1. The SMILES string of the molecule is CC(C)=CCCC(C)=CCCC(C)=CCCC(C)=CC(=O)NCCc1ccc(O)c(O)c1. The third-order valence-electron chi connectivity index (χ3n) is 5.28. The number of benzene rings is 1. The molecule has 4 heteroatoms. The monoisotopic (exact) mass is 439 g/mol. The number of hydrogen-bond donors (Lipinski definition) is 3. The van der Waals surface area contributed by atoms with Gasteiger partial charge in [-0.05, 0) is 97.3 Å². The average Bonchev–Trinajstić information content (AvgIpc) is 2.70. The van der Waals surface area contributed by atoms with Crippen molar-refractivity contribution in [3.63, 3.8) is 0 Å². The molecule has 0 atom stereocenters. The molecule has 4 nitrogen and oxygen atoms in total. The zero-order valence-electron chi connectivity index (χ0n) is 20.5. The van der Waals surface area contributed by atoms with Gasteiger partial charge >= 0.3 is 0 Å². The molecule has 0 unspecified atom stereocenters. The zero-order chi connectivity index (χ0) is 23.9. The van der Waals surface area contributed by atoms with Crippen molar-refractivity contribution in [3.05, 3.63) is 70.4 Å². The molecule has 0 aliphatic carbocycles. The Morgan fingerprint density at radius 3 is 1.94 bits per heavy atom. The number of hydrogen-bond acceptors (Lipinski definition) is 3. The Morgan fingerprint density at radius 1 is 0.812 bits per heavy atom. The molecule has 3 N–H and O–H groups in total. The summed E-state index contributed by atoms with van der Waals surface area (Å²) in [6.07, 6.45) is 15.4. The Morgan fingerprint density at radius 2 is 1.38 bits per heavy atom. The van der Waals surface area contributed by atoms with Gasteiger partial charge in [-0.1, -0.05) is 46.6 Å². The topological polar surface area (TPSA) is 69.6 Å². The van der Waals surface area contributed by atoms with Crippen LogP contribution in [0.5, 0.6) is 11.5 Å². The van der Waals surface area contributed by atoms with Gasteiger partial charge in [-0.2, -0.15) is 0 Å². The molecule has 0 heterocycles. The molecule has 0 radical (unpaired) electrons. The van der Waals surface area contributed by atoms with E-state index in [9.17, 15) is 15.0 Å². The zero-order valence-corrected chi connectivity index (χ0v) is 20.5. The van der Waals surface area contributed by atoms with Gasteiger partial charge in [0.25, 0.3) is 0 Å². The van der Waals surface area contributed by atoms with E-state index in [1.165, 1.54) is 28.9 Å². The van der Waals surface area contributed by atoms with E-state index in [0.29, 0.717) is 13.0 Å². The standard InChI is InChI=1S/C28H41NO3/c1-21(2)9-6-10-22(3)11-7-12-23(4)13-8-14-24(5)19-28(32)29-18-17-25-15-16-26(30)27(31)20-25/h9,11,13,15-16,19-20,30-31H,6-8,10,12,14,17-18H2,1-5H3,(H,29,32). The van der Waals surface area contributed by atoms with Crippen molar-refractivity contribution in [2.45, 2.75) is 79.6 Å². The molecule has 0 saturated heterocycles. The molecule has 1 aromatic carbocycles. The van der Waals surface area contributed by atoms with Crippen LogP contribution >= 0.6 is 0 Å². The van der Waals surface area contributed by atoms with Gasteiger partial charge in [0.05, 0.1) is 0 Å². The number of carbonyl (C=O) groups is 1. The van der Waals surface area contributed by atoms with E-state index in [0.717, 1.165) is 49.7 Å². The fourth-order valence-electron chi connectivity index (χ4n) is 3.29. The quantitative estimate of drug-likeness (QED) is 0.178. The lowest BCUT2D eigenvalue weighted by molar-refractivity contribution is -0.116. The molecule has 1 rings (SSSR count). The highest BCUT2D eigenvalue weighted by atomic mass is 16.3. The first kappa shape index (κ1) is 27.3. The fraction of sp³-hybridized carbons (Fsp3) is 0.464. The fourth-order valence-corrected chi connectivity index (χ4v) is 3.29. The smallest absolute Gasteiger partial charge is 0.243 e. The molecular weight excluding hydrogens is 398 g/mol. The van der Waals surface area contributed by atoms with Crippen molar-refractivity contribution in [3.8, 4) is 11.5 Å². The summed E-state index contributed by atoms with van der Waals surface area (Å²) in [7, 11) is 0. The summed E-state index contributed by atoms with van der Waals surface area (Å²) in [5, 5.41) is 21.7. The minimum absolute atomic E-state index is 0.0973. The molecule has 0 aromatic heterocycles. The van der Waals surface area contributed by atoms with Gasteiger partial charge in [-0.3, -0.25) is 4.79 Å². The van der Waals surface area contributed by atoms with Gasteiger partial charge in [0, 0.05) is 12.6 Å². The highest BCUT2D eigenvalue weighted by Gasteiger charge is 2.02. The van der Waals surface area contributed by atoms with E-state index >= 15 is 0 Å². The number of phenols is 2. The normalized spacial score (nSPS) is 12.6. The summed E-state index contributed by atoms with van der Waals surface area (Å²) >= 11 is 0. The summed E-state index contributed by atoms with van der Waals surface area (Å²) in [5.41, 5.74) is 6.16. The number of nitrogens with one attached hydrogen (secondary N) is 1. The van der Waals surface area contributed by atoms with Gasteiger partial charge in [0.1, 0.15) is 0 Å². The van der Waals surface area contributed by atoms with E-state index in [1.54, 1.807) is 12.1 Å². The molecule has 32 heavy (non-hydrogen) atoms. The summed E-state index contributed by atoms with van der Waals surface area (Å²) < 4.78 is 0. The second kappa shape index (κ2) is 15.1. The molecule has 0 aliphatic heterocycles. The first-order valence-electron chi connectivity index (χ1n) is 11.6. The maximum Gasteiger partial charge on any atom is 0.243 e. The van der Waals surface area contributed by atoms with Crippen LogP contribution in [0.15, 0.2) is 64.8 Å². The average molecular weight is 440 g/mol. The van der Waals surface area contributed by atoms with E-state index in [4.69, 9.17) is 0 Å². The van der Waals surface area contributed by atoms with E-state index in [2.05, 4.69) is 51.2 Å². The van der Waals surface area contributed by atoms with Crippen LogP contribution in [-0.4, -0.2) is 22.7 Å². The van der Waals surface area contributed by atoms with Gasteiger partial charge in [-0.25, -0.2) is 0 Å². The molecule has 0 saturated carbocycles. The Balaban J connectivity index is 2.28. The lowest BCUT2D eigenvalue weighted by atomic mass is 10.0. The number of carbonyl (C=O) groups excluding carboxylic acids is 1. The van der Waals surface area contributed by atoms with E-state index < -0.39 is 0 Å².